The van der Waals surface area contributed by atoms with E-state index < -0.39 is 0 Å². The molecule has 0 atom stereocenters. The van der Waals surface area contributed by atoms with Crippen molar-refractivity contribution < 1.29 is 0 Å². The van der Waals surface area contributed by atoms with Gasteiger partial charge in [0.2, 0.25) is 0 Å². The summed E-state index contributed by atoms with van der Waals surface area (Å²) in [4.78, 5) is 0. The summed E-state index contributed by atoms with van der Waals surface area (Å²) in [6.07, 6.45) is 0. The van der Waals surface area contributed by atoms with Gasteiger partial charge in [0.15, 0.2) is 0 Å². The van der Waals surface area contributed by atoms with Gasteiger partial charge >= 0.3 is 0 Å². The molecule has 112 valence electrons. The largest absolute Gasteiger partial charge is 0.135 e. The quantitative estimate of drug-likeness (QED) is 0.267. The van der Waals surface area contributed by atoms with Gasteiger partial charge in [-0.3, -0.25) is 0 Å². The van der Waals surface area contributed by atoms with Crippen LogP contribution in [0.25, 0.3) is 51.1 Å². The van der Waals surface area contributed by atoms with Gasteiger partial charge < -0.3 is 0 Å². The number of hydrogen-bond acceptors (Lipinski definition) is 2. The minimum Gasteiger partial charge on any atom is -0.135 e. The molecule has 0 N–H and O–H groups in total. The molecule has 4 aromatic carbocycles. The molecule has 0 amide bonds. The minimum atomic E-state index is 1.38. The highest BCUT2D eigenvalue weighted by atomic mass is 32.1. The van der Waals surface area contributed by atoms with Crippen LogP contribution in [0.5, 0.6) is 0 Å². The number of thiophene rings is 2. The maximum Gasteiger partial charge on any atom is 0.0441 e. The van der Waals surface area contributed by atoms with E-state index in [0.717, 1.165) is 0 Å². The van der Waals surface area contributed by atoms with E-state index in [-0.39, 0.29) is 0 Å². The molecule has 6 rings (SSSR count). The monoisotopic (exact) mass is 340 g/mol. The van der Waals surface area contributed by atoms with Gasteiger partial charge in [-0.15, -0.1) is 22.7 Å². The Hall–Kier alpha value is -2.42. The van der Waals surface area contributed by atoms with Crippen LogP contribution >= 0.6 is 22.7 Å². The number of rotatable bonds is 0. The van der Waals surface area contributed by atoms with Gasteiger partial charge in [0, 0.05) is 51.1 Å². The highest BCUT2D eigenvalue weighted by molar-refractivity contribution is 7.29. The second-order valence-electron chi connectivity index (χ2n) is 6.15. The van der Waals surface area contributed by atoms with Gasteiger partial charge in [-0.2, -0.15) is 0 Å². The van der Waals surface area contributed by atoms with Gasteiger partial charge in [0.05, 0.1) is 0 Å². The molecule has 2 heterocycles. The van der Waals surface area contributed by atoms with Crippen LogP contribution < -0.4 is 0 Å². The lowest BCUT2D eigenvalue weighted by Crippen LogP contribution is -1.76. The second-order valence-corrected chi connectivity index (χ2v) is 8.25. The highest BCUT2D eigenvalue weighted by Gasteiger charge is 2.17. The van der Waals surface area contributed by atoms with Crippen LogP contribution in [0, 0.1) is 0 Å². The molecule has 0 aliphatic rings. The summed E-state index contributed by atoms with van der Waals surface area (Å²) < 4.78 is 5.59. The molecule has 6 aromatic rings. The Labute approximate surface area is 146 Å². The van der Waals surface area contributed by atoms with E-state index in [1.165, 1.54) is 51.1 Å². The lowest BCUT2D eigenvalue weighted by molar-refractivity contribution is 1.85. The van der Waals surface area contributed by atoms with E-state index in [1.807, 2.05) is 22.7 Å². The van der Waals surface area contributed by atoms with E-state index in [9.17, 15) is 0 Å². The van der Waals surface area contributed by atoms with Gasteiger partial charge in [-0.05, 0) is 12.1 Å². The first-order chi connectivity index (χ1) is 11.9. The van der Waals surface area contributed by atoms with E-state index in [0.29, 0.717) is 0 Å². The molecule has 0 bridgehead atoms. The fourth-order valence-electron chi connectivity index (χ4n) is 3.85. The summed E-state index contributed by atoms with van der Waals surface area (Å²) in [5, 5.41) is 8.40. The van der Waals surface area contributed by atoms with Gasteiger partial charge in [-0.1, -0.05) is 60.7 Å². The van der Waals surface area contributed by atoms with Crippen molar-refractivity contribution in [2.24, 2.45) is 0 Å². The van der Waals surface area contributed by atoms with Crippen molar-refractivity contribution in [3.05, 3.63) is 72.8 Å². The molecule has 0 saturated heterocycles. The summed E-state index contributed by atoms with van der Waals surface area (Å²) in [5.74, 6) is 0. The molecule has 0 spiro atoms. The predicted octanol–water partition coefficient (Wildman–Crippen LogP) is 7.58. The molecule has 0 radical (unpaired) electrons. The maximum atomic E-state index is 2.27. The van der Waals surface area contributed by atoms with Crippen molar-refractivity contribution in [3.63, 3.8) is 0 Å². The van der Waals surface area contributed by atoms with Crippen molar-refractivity contribution in [2.75, 3.05) is 0 Å². The van der Waals surface area contributed by atoms with Crippen molar-refractivity contribution in [1.29, 1.82) is 0 Å². The minimum absolute atomic E-state index is 1.38. The standard InChI is InChI=1S/C22H12S2/c1-2-8-14-13(7-1)21-19(15-9-3-5-11-17(15)23-21)20-16-10-4-6-12-18(16)24-22(14)20/h1-12H. The average molecular weight is 340 g/mol. The maximum absolute atomic E-state index is 2.27. The first-order valence-corrected chi connectivity index (χ1v) is 9.68. The highest BCUT2D eigenvalue weighted by Crippen LogP contribution is 2.48. The van der Waals surface area contributed by atoms with Gasteiger partial charge in [0.25, 0.3) is 0 Å². The zero-order chi connectivity index (χ0) is 15.7. The van der Waals surface area contributed by atoms with Gasteiger partial charge in [-0.25, -0.2) is 0 Å². The van der Waals surface area contributed by atoms with Crippen LogP contribution in [0.2, 0.25) is 0 Å². The first kappa shape index (κ1) is 12.9. The van der Waals surface area contributed by atoms with Crippen LogP contribution in [0.3, 0.4) is 0 Å². The summed E-state index contributed by atoms with van der Waals surface area (Å²) in [5.41, 5.74) is 0. The van der Waals surface area contributed by atoms with Crippen molar-refractivity contribution in [1.82, 2.24) is 0 Å². The van der Waals surface area contributed by atoms with E-state index in [2.05, 4.69) is 72.8 Å². The lowest BCUT2D eigenvalue weighted by Gasteiger charge is -2.03. The summed E-state index contributed by atoms with van der Waals surface area (Å²) in [7, 11) is 0. The SMILES string of the molecule is c1ccc2c(c1)sc1c3ccccc3c3sc4ccccc4c3c21. The zero-order valence-electron chi connectivity index (χ0n) is 12.7. The molecule has 0 aliphatic heterocycles. The molecular weight excluding hydrogens is 328 g/mol. The summed E-state index contributed by atoms with van der Waals surface area (Å²) >= 11 is 3.85. The smallest absolute Gasteiger partial charge is 0.0441 e. The fraction of sp³-hybridized carbons (Fsp3) is 0. The topological polar surface area (TPSA) is 0 Å². The average Bonchev–Trinajstić information content (AvgIpc) is 3.20. The third-order valence-electron chi connectivity index (χ3n) is 4.86. The van der Waals surface area contributed by atoms with Crippen LogP contribution in [-0.2, 0) is 0 Å². The number of hydrogen-bond donors (Lipinski definition) is 0. The Bertz CT molecular complexity index is 1290. The molecule has 0 saturated carbocycles. The predicted molar refractivity (Wildman–Crippen MR) is 110 cm³/mol. The van der Waals surface area contributed by atoms with Gasteiger partial charge in [0.1, 0.15) is 0 Å². The van der Waals surface area contributed by atoms with Crippen LogP contribution in [0.15, 0.2) is 72.8 Å². The second kappa shape index (κ2) is 4.56. The first-order valence-electron chi connectivity index (χ1n) is 8.05. The Balaban J connectivity index is 2.10. The molecule has 2 heteroatoms. The zero-order valence-corrected chi connectivity index (χ0v) is 14.4. The molecule has 2 aromatic heterocycles. The van der Waals surface area contributed by atoms with E-state index in [1.54, 1.807) is 0 Å². The molecule has 0 aliphatic carbocycles. The molecule has 0 unspecified atom stereocenters. The normalized spacial score (nSPS) is 12.2. The van der Waals surface area contributed by atoms with Crippen molar-refractivity contribution >= 4 is 73.8 Å². The Morgan fingerprint density at radius 3 is 1.25 bits per heavy atom. The van der Waals surface area contributed by atoms with E-state index in [4.69, 9.17) is 0 Å². The van der Waals surface area contributed by atoms with Crippen LogP contribution in [0.4, 0.5) is 0 Å². The number of benzene rings is 4. The third-order valence-corrected chi connectivity index (χ3v) is 7.27. The molecular formula is C22H12S2. The third kappa shape index (κ3) is 1.52. The molecule has 0 nitrogen and oxygen atoms in total. The Morgan fingerprint density at radius 2 is 0.792 bits per heavy atom. The van der Waals surface area contributed by atoms with Crippen molar-refractivity contribution in [2.45, 2.75) is 0 Å². The number of fused-ring (bicyclic) bond motifs is 10. The fourth-order valence-corrected chi connectivity index (χ4v) is 6.34. The Morgan fingerprint density at radius 1 is 0.417 bits per heavy atom. The van der Waals surface area contributed by atoms with Crippen molar-refractivity contribution in [3.8, 4) is 0 Å². The Kier molecular flexibility index (Phi) is 2.46. The summed E-state index contributed by atoms with van der Waals surface area (Å²) in [6, 6.07) is 26.5. The van der Waals surface area contributed by atoms with Crippen LogP contribution in [-0.4, -0.2) is 0 Å². The molecule has 24 heavy (non-hydrogen) atoms. The molecule has 0 fully saturated rings. The van der Waals surface area contributed by atoms with Crippen LogP contribution in [0.1, 0.15) is 0 Å². The summed E-state index contributed by atoms with van der Waals surface area (Å²) in [6.45, 7) is 0. The van der Waals surface area contributed by atoms with E-state index >= 15 is 0 Å². The lowest BCUT2D eigenvalue weighted by atomic mass is 10.0.